The van der Waals surface area contributed by atoms with Gasteiger partial charge in [-0.3, -0.25) is 0 Å². The van der Waals surface area contributed by atoms with Crippen molar-refractivity contribution in [2.24, 2.45) is 0 Å². The van der Waals surface area contributed by atoms with Gasteiger partial charge in [0.2, 0.25) is 13.4 Å². The van der Waals surface area contributed by atoms with Gasteiger partial charge in [-0.05, 0) is 156 Å². The molecular formula is C76H84B2O. The summed E-state index contributed by atoms with van der Waals surface area (Å²) in [5.41, 5.74) is 25.8. The van der Waals surface area contributed by atoms with Crippen LogP contribution >= 0.6 is 0 Å². The monoisotopic (exact) mass is 1030 g/mol. The summed E-state index contributed by atoms with van der Waals surface area (Å²) in [6.07, 6.45) is 9.60. The van der Waals surface area contributed by atoms with E-state index in [0.717, 1.165) is 28.0 Å². The van der Waals surface area contributed by atoms with Crippen LogP contribution in [0.25, 0.3) is 24.3 Å². The Balaban J connectivity index is 1.38. The van der Waals surface area contributed by atoms with Gasteiger partial charge in [0.1, 0.15) is 5.75 Å². The highest BCUT2D eigenvalue weighted by atomic mass is 16.5. The fraction of sp³-hybridized carbons (Fsp3) is 0.342. The number of hydrogen-bond acceptors (Lipinski definition) is 1. The van der Waals surface area contributed by atoms with Crippen molar-refractivity contribution in [3.63, 3.8) is 0 Å². The van der Waals surface area contributed by atoms with Crippen molar-refractivity contribution in [2.45, 2.75) is 164 Å². The van der Waals surface area contributed by atoms with Gasteiger partial charge in [-0.2, -0.15) is 0 Å². The van der Waals surface area contributed by atoms with Crippen LogP contribution in [0.4, 0.5) is 0 Å². The first-order valence-electron chi connectivity index (χ1n) is 28.7. The summed E-state index contributed by atoms with van der Waals surface area (Å²) >= 11 is 0. The average molecular weight is 1040 g/mol. The number of fused-ring (bicyclic) bond motifs is 4. The molecule has 0 radical (unpaired) electrons. The predicted molar refractivity (Wildman–Crippen MR) is 348 cm³/mol. The van der Waals surface area contributed by atoms with Crippen LogP contribution in [0.2, 0.25) is 0 Å². The van der Waals surface area contributed by atoms with Crippen LogP contribution in [-0.2, 0) is 32.5 Å². The fourth-order valence-electron chi connectivity index (χ4n) is 11.8. The van der Waals surface area contributed by atoms with Crippen molar-refractivity contribution in [3.8, 4) is 29.4 Å². The minimum absolute atomic E-state index is 0.0411. The van der Waals surface area contributed by atoms with E-state index in [1.807, 2.05) is 24.3 Å². The molecule has 0 aromatic heterocycles. The zero-order valence-electron chi connectivity index (χ0n) is 51.4. The topological polar surface area (TPSA) is 9.23 Å². The lowest BCUT2D eigenvalue weighted by Crippen LogP contribution is -2.60. The molecule has 0 aliphatic carbocycles. The molecule has 7 aromatic rings. The minimum atomic E-state index is -0.162. The van der Waals surface area contributed by atoms with Crippen molar-refractivity contribution < 1.29 is 4.74 Å². The van der Waals surface area contributed by atoms with Crippen molar-refractivity contribution in [1.29, 1.82) is 0 Å². The predicted octanol–water partition coefficient (Wildman–Crippen LogP) is 14.6. The summed E-state index contributed by atoms with van der Waals surface area (Å²) in [6, 6.07) is 45.9. The molecule has 7 aromatic carbocycles. The number of benzene rings is 7. The maximum absolute atomic E-state index is 5.46. The Labute approximate surface area is 478 Å². The van der Waals surface area contributed by atoms with Crippen LogP contribution in [0.15, 0.2) is 121 Å². The molecule has 2 aliphatic rings. The third-order valence-electron chi connectivity index (χ3n) is 16.3. The third-order valence-corrected chi connectivity index (χ3v) is 16.3. The van der Waals surface area contributed by atoms with E-state index in [1.165, 1.54) is 94.0 Å². The van der Waals surface area contributed by atoms with E-state index in [4.69, 9.17) is 4.74 Å². The number of rotatable bonds is 3. The standard InChI is InChI=1S/C76H84B2O/c1-49-21-23-50(24-22-49)25-27-52-31-39-65-54(41-52)33-35-56-43-68-57(44-67(56)77(65)69-61(73(8,9)10)45-58(71(2,3)4)46-62(69)74(11,12)13)36-34-55-42-53(28-26-51-29-37-60(79-20)38-30-51)32-40-66(55)78(68)70-63(75(14,15)16)47-59(72(5,6)7)48-64(70)76(17,18)19/h21-24,29-48H,1-20H3. The van der Waals surface area contributed by atoms with E-state index in [-0.39, 0.29) is 45.9 Å². The van der Waals surface area contributed by atoms with Gasteiger partial charge in [0.05, 0.1) is 7.11 Å². The van der Waals surface area contributed by atoms with Gasteiger partial charge >= 0.3 is 0 Å². The molecule has 0 fully saturated rings. The van der Waals surface area contributed by atoms with Crippen molar-refractivity contribution >= 4 is 70.5 Å². The molecule has 400 valence electrons. The van der Waals surface area contributed by atoms with Gasteiger partial charge in [-0.25, -0.2) is 0 Å². The minimum Gasteiger partial charge on any atom is -0.497 e. The van der Waals surface area contributed by atoms with Crippen LogP contribution in [0.1, 0.15) is 208 Å². The molecule has 0 saturated heterocycles. The molecule has 0 saturated carbocycles. The second-order valence-corrected chi connectivity index (χ2v) is 28.9. The smallest absolute Gasteiger partial charge is 0.243 e. The molecule has 2 aliphatic heterocycles. The second-order valence-electron chi connectivity index (χ2n) is 28.9. The molecule has 0 unspecified atom stereocenters. The van der Waals surface area contributed by atoms with Gasteiger partial charge in [0.25, 0.3) is 0 Å². The van der Waals surface area contributed by atoms with Crippen LogP contribution in [-0.4, -0.2) is 20.5 Å². The lowest BCUT2D eigenvalue weighted by Gasteiger charge is -2.37. The van der Waals surface area contributed by atoms with Crippen LogP contribution < -0.4 is 37.5 Å². The van der Waals surface area contributed by atoms with E-state index in [2.05, 4.69) is 277 Å². The summed E-state index contributed by atoms with van der Waals surface area (Å²) in [6.45, 7) is 45.0. The molecular weight excluding hydrogens is 950 g/mol. The van der Waals surface area contributed by atoms with Crippen LogP contribution in [0.3, 0.4) is 0 Å². The molecule has 3 heteroatoms. The number of methoxy groups -OCH3 is 1. The molecule has 79 heavy (non-hydrogen) atoms. The quantitative estimate of drug-likeness (QED) is 0.127. The molecule has 9 rings (SSSR count). The van der Waals surface area contributed by atoms with E-state index in [0.29, 0.717) is 0 Å². The van der Waals surface area contributed by atoms with Gasteiger partial charge in [0, 0.05) is 22.3 Å². The number of ether oxygens (including phenoxy) is 1. The summed E-state index contributed by atoms with van der Waals surface area (Å²) in [4.78, 5) is 0. The Morgan fingerprint density at radius 2 is 0.608 bits per heavy atom. The molecule has 2 heterocycles. The average Bonchev–Trinajstić information content (AvgIpc) is 3.91. The first-order chi connectivity index (χ1) is 36.8. The highest BCUT2D eigenvalue weighted by molar-refractivity contribution is 6.99. The number of hydrogen-bond donors (Lipinski definition) is 0. The highest BCUT2D eigenvalue weighted by Gasteiger charge is 2.41. The van der Waals surface area contributed by atoms with Gasteiger partial charge in [-0.15, -0.1) is 0 Å². The molecule has 1 nitrogen and oxygen atoms in total. The maximum Gasteiger partial charge on any atom is 0.243 e. The first kappa shape index (κ1) is 56.8. The van der Waals surface area contributed by atoms with Crippen molar-refractivity contribution in [2.75, 3.05) is 7.11 Å². The summed E-state index contributed by atoms with van der Waals surface area (Å²) < 4.78 is 5.46. The molecule has 0 amide bonds. The Bertz CT molecular complexity index is 3630. The van der Waals surface area contributed by atoms with E-state index >= 15 is 0 Å². The Hall–Kier alpha value is -6.93. The normalized spacial score (nSPS) is 13.5. The zero-order valence-corrected chi connectivity index (χ0v) is 51.4. The summed E-state index contributed by atoms with van der Waals surface area (Å²) in [5, 5.41) is 0. The fourth-order valence-corrected chi connectivity index (χ4v) is 11.8. The maximum atomic E-state index is 5.46. The SMILES string of the molecule is COc1ccc(C#Cc2ccc3c(c2)C=Cc2cc4c(cc2B3c2c(C(C)(C)C)cc(C(C)(C)C)cc2C(C)(C)C)C=Cc2cc(C#Cc3ccc(C)cc3)ccc2B4c2c(C(C)(C)C)cc(C(C)(C)C)cc2C(C)(C)C)cc1. The van der Waals surface area contributed by atoms with E-state index in [1.54, 1.807) is 7.11 Å². The Morgan fingerprint density at radius 3 is 0.911 bits per heavy atom. The zero-order chi connectivity index (χ0) is 57.4. The number of aryl methyl sites for hydroxylation is 1. The first-order valence-corrected chi connectivity index (χ1v) is 28.7. The van der Waals surface area contributed by atoms with Crippen molar-refractivity contribution in [3.05, 3.63) is 205 Å². The Morgan fingerprint density at radius 1 is 0.316 bits per heavy atom. The summed E-state index contributed by atoms with van der Waals surface area (Å²) in [5.74, 6) is 14.9. The van der Waals surface area contributed by atoms with Gasteiger partial charge < -0.3 is 4.74 Å². The van der Waals surface area contributed by atoms with Crippen LogP contribution in [0, 0.1) is 30.6 Å². The lowest BCUT2D eigenvalue weighted by atomic mass is 9.31. The lowest BCUT2D eigenvalue weighted by molar-refractivity contribution is 0.415. The van der Waals surface area contributed by atoms with Crippen LogP contribution in [0.5, 0.6) is 5.75 Å². The Kier molecular flexibility index (Phi) is 14.8. The molecule has 0 spiro atoms. The van der Waals surface area contributed by atoms with E-state index in [9.17, 15) is 0 Å². The van der Waals surface area contributed by atoms with Crippen molar-refractivity contribution in [1.82, 2.24) is 0 Å². The third kappa shape index (κ3) is 11.9. The molecule has 0 bridgehead atoms. The summed E-state index contributed by atoms with van der Waals surface area (Å²) in [7, 11) is 1.70. The van der Waals surface area contributed by atoms with Gasteiger partial charge in [-0.1, -0.05) is 272 Å². The second kappa shape index (κ2) is 20.6. The van der Waals surface area contributed by atoms with Gasteiger partial charge in [0.15, 0.2) is 0 Å². The molecule has 0 N–H and O–H groups in total. The van der Waals surface area contributed by atoms with E-state index < -0.39 is 0 Å². The largest absolute Gasteiger partial charge is 0.497 e. The highest BCUT2D eigenvalue weighted by Crippen LogP contribution is 2.37. The molecule has 0 atom stereocenters.